The van der Waals surface area contributed by atoms with Crippen molar-refractivity contribution in [1.82, 2.24) is 10.6 Å². The molecule has 0 saturated carbocycles. The summed E-state index contributed by atoms with van der Waals surface area (Å²) in [5.74, 6) is 4.01. The number of ether oxygens (including phenoxy) is 1. The van der Waals surface area contributed by atoms with Crippen molar-refractivity contribution in [1.29, 1.82) is 0 Å². The van der Waals surface area contributed by atoms with E-state index in [1.807, 2.05) is 6.92 Å². The molecule has 0 spiro atoms. The zero-order valence-electron chi connectivity index (χ0n) is 9.54. The van der Waals surface area contributed by atoms with Crippen molar-refractivity contribution in [2.45, 2.75) is 12.5 Å². The van der Waals surface area contributed by atoms with Crippen LogP contribution in [0.25, 0.3) is 0 Å². The highest BCUT2D eigenvalue weighted by molar-refractivity contribution is 7.99. The molecule has 16 heavy (non-hydrogen) atoms. The Morgan fingerprint density at radius 2 is 2.44 bits per heavy atom. The van der Waals surface area contributed by atoms with Gasteiger partial charge in [-0.3, -0.25) is 4.79 Å². The highest BCUT2D eigenvalue weighted by atomic mass is 32.2. The zero-order valence-corrected chi connectivity index (χ0v) is 10.4. The standard InChI is InChI=1S/C11H18N2O2S/c1-3-5-16-6-4-13-10(14)7-15-11(2)8-12-9-11/h1,12H,4-9H2,2H3,(H,13,14). The minimum atomic E-state index is -0.157. The van der Waals surface area contributed by atoms with E-state index in [-0.39, 0.29) is 18.1 Å². The number of terminal acetylenes is 1. The summed E-state index contributed by atoms with van der Waals surface area (Å²) >= 11 is 1.63. The molecule has 0 aromatic carbocycles. The summed E-state index contributed by atoms with van der Waals surface area (Å²) in [4.78, 5) is 11.4. The second-order valence-corrected chi connectivity index (χ2v) is 5.05. The van der Waals surface area contributed by atoms with Crippen molar-refractivity contribution in [3.8, 4) is 12.3 Å². The maximum atomic E-state index is 11.4. The first-order valence-corrected chi connectivity index (χ1v) is 6.44. The second kappa shape index (κ2) is 6.79. The van der Waals surface area contributed by atoms with E-state index in [1.54, 1.807) is 11.8 Å². The van der Waals surface area contributed by atoms with Gasteiger partial charge in [-0.1, -0.05) is 5.92 Å². The molecule has 1 saturated heterocycles. The largest absolute Gasteiger partial charge is 0.363 e. The summed E-state index contributed by atoms with van der Waals surface area (Å²) in [6, 6.07) is 0. The molecule has 0 atom stereocenters. The zero-order chi connectivity index (χ0) is 11.9. The summed E-state index contributed by atoms with van der Waals surface area (Å²) in [7, 11) is 0. The third-order valence-electron chi connectivity index (χ3n) is 2.30. The molecule has 0 aromatic rings. The van der Waals surface area contributed by atoms with E-state index in [1.165, 1.54) is 0 Å². The number of carbonyl (C=O) groups is 1. The Hall–Kier alpha value is -0.700. The Bertz CT molecular complexity index is 272. The molecule has 1 aliphatic heterocycles. The van der Waals surface area contributed by atoms with Crippen molar-refractivity contribution in [2.75, 3.05) is 37.7 Å². The first kappa shape index (κ1) is 13.4. The summed E-state index contributed by atoms with van der Waals surface area (Å²) in [6.07, 6.45) is 5.10. The number of hydrogen-bond acceptors (Lipinski definition) is 4. The van der Waals surface area contributed by atoms with Gasteiger partial charge in [0.1, 0.15) is 6.61 Å². The lowest BCUT2D eigenvalue weighted by molar-refractivity contribution is -0.135. The van der Waals surface area contributed by atoms with Gasteiger partial charge in [0.05, 0.1) is 11.4 Å². The molecular formula is C11H18N2O2S. The van der Waals surface area contributed by atoms with Crippen LogP contribution in [0, 0.1) is 12.3 Å². The average molecular weight is 242 g/mol. The highest BCUT2D eigenvalue weighted by Crippen LogP contribution is 2.14. The van der Waals surface area contributed by atoms with Crippen LogP contribution in [-0.4, -0.2) is 49.3 Å². The SMILES string of the molecule is C#CCSCCNC(=O)COC1(C)CNC1. The molecule has 0 aliphatic carbocycles. The van der Waals surface area contributed by atoms with Crippen LogP contribution in [0.2, 0.25) is 0 Å². The lowest BCUT2D eigenvalue weighted by Gasteiger charge is -2.38. The molecular weight excluding hydrogens is 224 g/mol. The Labute approximate surface area is 101 Å². The van der Waals surface area contributed by atoms with Gasteiger partial charge in [0.15, 0.2) is 0 Å². The van der Waals surface area contributed by atoms with Crippen molar-refractivity contribution in [2.24, 2.45) is 0 Å². The van der Waals surface area contributed by atoms with Gasteiger partial charge in [-0.25, -0.2) is 0 Å². The topological polar surface area (TPSA) is 50.4 Å². The van der Waals surface area contributed by atoms with Gasteiger partial charge in [-0.2, -0.15) is 0 Å². The summed E-state index contributed by atoms with van der Waals surface area (Å²) < 4.78 is 5.49. The fourth-order valence-corrected chi connectivity index (χ4v) is 1.77. The van der Waals surface area contributed by atoms with Crippen molar-refractivity contribution in [3.63, 3.8) is 0 Å². The van der Waals surface area contributed by atoms with Crippen LogP contribution in [0.1, 0.15) is 6.92 Å². The van der Waals surface area contributed by atoms with E-state index in [9.17, 15) is 4.79 Å². The summed E-state index contributed by atoms with van der Waals surface area (Å²) in [5.41, 5.74) is -0.157. The third kappa shape index (κ3) is 4.88. The number of rotatable bonds is 7. The van der Waals surface area contributed by atoms with Crippen LogP contribution in [0.15, 0.2) is 0 Å². The molecule has 1 fully saturated rings. The predicted molar refractivity (Wildman–Crippen MR) is 66.4 cm³/mol. The van der Waals surface area contributed by atoms with Gasteiger partial charge >= 0.3 is 0 Å². The van der Waals surface area contributed by atoms with E-state index < -0.39 is 0 Å². The molecule has 2 N–H and O–H groups in total. The molecule has 1 rings (SSSR count). The van der Waals surface area contributed by atoms with E-state index in [0.29, 0.717) is 12.3 Å². The van der Waals surface area contributed by atoms with Gasteiger partial charge in [-0.05, 0) is 6.92 Å². The first-order valence-electron chi connectivity index (χ1n) is 5.29. The van der Waals surface area contributed by atoms with Crippen LogP contribution in [0.4, 0.5) is 0 Å². The molecule has 0 unspecified atom stereocenters. The Kier molecular flexibility index (Phi) is 5.67. The van der Waals surface area contributed by atoms with E-state index in [4.69, 9.17) is 11.2 Å². The highest BCUT2D eigenvalue weighted by Gasteiger charge is 2.32. The van der Waals surface area contributed by atoms with Crippen LogP contribution < -0.4 is 10.6 Å². The van der Waals surface area contributed by atoms with Crippen LogP contribution >= 0.6 is 11.8 Å². The Morgan fingerprint density at radius 3 is 3.00 bits per heavy atom. The van der Waals surface area contributed by atoms with E-state index >= 15 is 0 Å². The smallest absolute Gasteiger partial charge is 0.246 e. The molecule has 90 valence electrons. The van der Waals surface area contributed by atoms with E-state index in [2.05, 4.69) is 16.6 Å². The quantitative estimate of drug-likeness (QED) is 0.481. The molecule has 1 heterocycles. The average Bonchev–Trinajstić information content (AvgIpc) is 2.23. The summed E-state index contributed by atoms with van der Waals surface area (Å²) in [5, 5.41) is 5.90. The van der Waals surface area contributed by atoms with Crippen LogP contribution in [-0.2, 0) is 9.53 Å². The van der Waals surface area contributed by atoms with Gasteiger partial charge in [0, 0.05) is 25.4 Å². The molecule has 4 nitrogen and oxygen atoms in total. The predicted octanol–water partition coefficient (Wildman–Crippen LogP) is -0.152. The number of amides is 1. The number of nitrogens with one attached hydrogen (secondary N) is 2. The van der Waals surface area contributed by atoms with Gasteiger partial charge in [0.2, 0.25) is 5.91 Å². The lowest BCUT2D eigenvalue weighted by atomic mass is 10.0. The van der Waals surface area contributed by atoms with Crippen LogP contribution in [0.5, 0.6) is 0 Å². The number of thioether (sulfide) groups is 1. The molecule has 1 amide bonds. The molecule has 0 aromatic heterocycles. The Balaban J connectivity index is 1.97. The maximum Gasteiger partial charge on any atom is 0.246 e. The third-order valence-corrected chi connectivity index (χ3v) is 3.17. The fourth-order valence-electron chi connectivity index (χ4n) is 1.26. The number of hydrogen-bond donors (Lipinski definition) is 2. The first-order chi connectivity index (χ1) is 7.66. The maximum absolute atomic E-state index is 11.4. The van der Waals surface area contributed by atoms with E-state index in [0.717, 1.165) is 18.8 Å². The molecule has 0 radical (unpaired) electrons. The minimum absolute atomic E-state index is 0.0607. The summed E-state index contributed by atoms with van der Waals surface area (Å²) in [6.45, 7) is 4.41. The fraction of sp³-hybridized carbons (Fsp3) is 0.727. The van der Waals surface area contributed by atoms with Crippen LogP contribution in [0.3, 0.4) is 0 Å². The molecule has 0 bridgehead atoms. The van der Waals surface area contributed by atoms with Gasteiger partial charge in [0.25, 0.3) is 0 Å². The minimum Gasteiger partial charge on any atom is -0.363 e. The van der Waals surface area contributed by atoms with Crippen molar-refractivity contribution < 1.29 is 9.53 Å². The Morgan fingerprint density at radius 1 is 1.69 bits per heavy atom. The van der Waals surface area contributed by atoms with Crippen molar-refractivity contribution in [3.05, 3.63) is 0 Å². The van der Waals surface area contributed by atoms with Gasteiger partial charge < -0.3 is 15.4 Å². The lowest BCUT2D eigenvalue weighted by Crippen LogP contribution is -2.59. The molecule has 5 heteroatoms. The monoisotopic (exact) mass is 242 g/mol. The van der Waals surface area contributed by atoms with Gasteiger partial charge in [-0.15, -0.1) is 18.2 Å². The second-order valence-electron chi connectivity index (χ2n) is 3.95. The number of carbonyl (C=O) groups excluding carboxylic acids is 1. The normalized spacial score (nSPS) is 17.2. The molecule has 1 aliphatic rings. The van der Waals surface area contributed by atoms with Crippen molar-refractivity contribution >= 4 is 17.7 Å².